The number of hydrogen-bond acceptors (Lipinski definition) is 2. The maximum atomic E-state index is 10.3. The Hall–Kier alpha value is -1.18. The number of hydrogen-bond donors (Lipinski definition) is 0. The van der Waals surface area contributed by atoms with Crippen molar-refractivity contribution in [2.45, 2.75) is 19.4 Å². The largest absolute Gasteiger partial charge is 0.150 e. The van der Waals surface area contributed by atoms with Crippen molar-refractivity contribution >= 4 is 0 Å². The standard InChI is InChI=1S/C9H11NO/c1-2-9(10-11)8-6-4-3-5-7-8/h3-7,9H,2H2,1H3. The highest BCUT2D eigenvalue weighted by Crippen LogP contribution is 2.19. The molecule has 0 saturated carbocycles. The maximum absolute atomic E-state index is 10.3. The van der Waals surface area contributed by atoms with E-state index in [9.17, 15) is 4.91 Å². The van der Waals surface area contributed by atoms with Gasteiger partial charge in [0, 0.05) is 0 Å². The average molecular weight is 149 g/mol. The summed E-state index contributed by atoms with van der Waals surface area (Å²) in [5.74, 6) is 0. The topological polar surface area (TPSA) is 29.4 Å². The van der Waals surface area contributed by atoms with Crippen LogP contribution in [0.25, 0.3) is 0 Å². The maximum Gasteiger partial charge on any atom is 0.117 e. The van der Waals surface area contributed by atoms with Crippen LogP contribution in [-0.2, 0) is 0 Å². The molecule has 0 aliphatic rings. The molecule has 1 atom stereocenters. The van der Waals surface area contributed by atoms with Gasteiger partial charge in [-0.15, -0.1) is 0 Å². The summed E-state index contributed by atoms with van der Waals surface area (Å²) < 4.78 is 0. The van der Waals surface area contributed by atoms with Gasteiger partial charge < -0.3 is 0 Å². The molecule has 0 bridgehead atoms. The van der Waals surface area contributed by atoms with Crippen LogP contribution in [0.3, 0.4) is 0 Å². The highest BCUT2D eigenvalue weighted by molar-refractivity contribution is 5.18. The fourth-order valence-electron chi connectivity index (χ4n) is 1.05. The van der Waals surface area contributed by atoms with Gasteiger partial charge in [-0.3, -0.25) is 0 Å². The van der Waals surface area contributed by atoms with E-state index in [0.717, 1.165) is 12.0 Å². The monoisotopic (exact) mass is 149 g/mol. The molecule has 0 fully saturated rings. The van der Waals surface area contributed by atoms with E-state index < -0.39 is 0 Å². The van der Waals surface area contributed by atoms with Crippen LogP contribution in [0.5, 0.6) is 0 Å². The second kappa shape index (κ2) is 3.86. The molecule has 0 spiro atoms. The Morgan fingerprint density at radius 2 is 2.00 bits per heavy atom. The van der Waals surface area contributed by atoms with Crippen LogP contribution in [0.15, 0.2) is 35.5 Å². The van der Waals surface area contributed by atoms with Crippen LogP contribution in [0, 0.1) is 4.91 Å². The van der Waals surface area contributed by atoms with Gasteiger partial charge in [-0.2, -0.15) is 4.91 Å². The van der Waals surface area contributed by atoms with Gasteiger partial charge in [-0.25, -0.2) is 0 Å². The van der Waals surface area contributed by atoms with E-state index in [-0.39, 0.29) is 6.04 Å². The van der Waals surface area contributed by atoms with Crippen LogP contribution < -0.4 is 0 Å². The van der Waals surface area contributed by atoms with Crippen LogP contribution in [0.4, 0.5) is 0 Å². The van der Waals surface area contributed by atoms with Gasteiger partial charge in [0.1, 0.15) is 6.04 Å². The van der Waals surface area contributed by atoms with Crippen molar-refractivity contribution in [3.63, 3.8) is 0 Å². The molecule has 0 aliphatic carbocycles. The zero-order valence-corrected chi connectivity index (χ0v) is 6.53. The molecule has 1 aromatic carbocycles. The summed E-state index contributed by atoms with van der Waals surface area (Å²) in [6.07, 6.45) is 0.771. The Balaban J connectivity index is 2.82. The van der Waals surface area contributed by atoms with E-state index in [4.69, 9.17) is 0 Å². The highest BCUT2D eigenvalue weighted by atomic mass is 16.3. The molecule has 58 valence electrons. The third-order valence-corrected chi connectivity index (χ3v) is 1.70. The van der Waals surface area contributed by atoms with Crippen molar-refractivity contribution in [3.05, 3.63) is 40.8 Å². The lowest BCUT2D eigenvalue weighted by molar-refractivity contribution is 0.695. The summed E-state index contributed by atoms with van der Waals surface area (Å²) in [5.41, 5.74) is 1.00. The third kappa shape index (κ3) is 1.87. The molecule has 11 heavy (non-hydrogen) atoms. The average Bonchev–Trinajstić information content (AvgIpc) is 2.09. The first-order valence-electron chi connectivity index (χ1n) is 3.76. The molecular weight excluding hydrogens is 138 g/mol. The Morgan fingerprint density at radius 1 is 1.36 bits per heavy atom. The summed E-state index contributed by atoms with van der Waals surface area (Å²) >= 11 is 0. The van der Waals surface area contributed by atoms with Gasteiger partial charge >= 0.3 is 0 Å². The molecule has 0 radical (unpaired) electrons. The lowest BCUT2D eigenvalue weighted by atomic mass is 10.1. The van der Waals surface area contributed by atoms with E-state index in [1.165, 1.54) is 0 Å². The first-order chi connectivity index (χ1) is 5.38. The minimum Gasteiger partial charge on any atom is -0.150 e. The molecule has 0 aliphatic heterocycles. The van der Waals surface area contributed by atoms with Crippen molar-refractivity contribution < 1.29 is 0 Å². The van der Waals surface area contributed by atoms with E-state index in [2.05, 4.69) is 5.18 Å². The second-order valence-corrected chi connectivity index (χ2v) is 2.44. The Bertz CT molecular complexity index is 220. The lowest BCUT2D eigenvalue weighted by Gasteiger charge is -2.04. The number of nitroso groups, excluding NO2 is 1. The van der Waals surface area contributed by atoms with Gasteiger partial charge in [0.2, 0.25) is 0 Å². The van der Waals surface area contributed by atoms with Crippen molar-refractivity contribution in [2.75, 3.05) is 0 Å². The van der Waals surface area contributed by atoms with Gasteiger partial charge in [0.05, 0.1) is 0 Å². The quantitative estimate of drug-likeness (QED) is 0.607. The second-order valence-electron chi connectivity index (χ2n) is 2.44. The normalized spacial score (nSPS) is 12.5. The first kappa shape index (κ1) is 7.92. The molecule has 1 aromatic rings. The molecule has 0 heterocycles. The van der Waals surface area contributed by atoms with Crippen molar-refractivity contribution in [3.8, 4) is 0 Å². The molecule has 0 aromatic heterocycles. The molecule has 1 unspecified atom stereocenters. The Labute approximate surface area is 66.2 Å². The van der Waals surface area contributed by atoms with E-state index >= 15 is 0 Å². The summed E-state index contributed by atoms with van der Waals surface area (Å²) in [4.78, 5) is 10.3. The van der Waals surface area contributed by atoms with Crippen molar-refractivity contribution in [1.29, 1.82) is 0 Å². The van der Waals surface area contributed by atoms with Crippen LogP contribution in [0.2, 0.25) is 0 Å². The summed E-state index contributed by atoms with van der Waals surface area (Å²) in [6, 6.07) is 9.45. The smallest absolute Gasteiger partial charge is 0.117 e. The van der Waals surface area contributed by atoms with E-state index in [1.54, 1.807) is 0 Å². The fraction of sp³-hybridized carbons (Fsp3) is 0.333. The SMILES string of the molecule is CCC(N=O)c1ccccc1. The zero-order valence-electron chi connectivity index (χ0n) is 6.53. The lowest BCUT2D eigenvalue weighted by Crippen LogP contribution is -1.90. The zero-order chi connectivity index (χ0) is 8.10. The number of rotatable bonds is 3. The van der Waals surface area contributed by atoms with Crippen molar-refractivity contribution in [1.82, 2.24) is 0 Å². The number of benzene rings is 1. The molecular formula is C9H11NO. The van der Waals surface area contributed by atoms with Gasteiger partial charge in [-0.1, -0.05) is 42.4 Å². The summed E-state index contributed by atoms with van der Waals surface area (Å²) in [5, 5.41) is 3.03. The van der Waals surface area contributed by atoms with E-state index in [1.807, 2.05) is 37.3 Å². The molecule has 0 saturated heterocycles. The predicted octanol–water partition coefficient (Wildman–Crippen LogP) is 2.90. The van der Waals surface area contributed by atoms with Crippen LogP contribution >= 0.6 is 0 Å². The van der Waals surface area contributed by atoms with Crippen molar-refractivity contribution in [2.24, 2.45) is 5.18 Å². The van der Waals surface area contributed by atoms with E-state index in [0.29, 0.717) is 0 Å². The minimum atomic E-state index is -0.170. The van der Waals surface area contributed by atoms with Gasteiger partial charge in [0.25, 0.3) is 0 Å². The summed E-state index contributed by atoms with van der Waals surface area (Å²) in [6.45, 7) is 1.96. The molecule has 2 heteroatoms. The molecule has 2 nitrogen and oxygen atoms in total. The highest BCUT2D eigenvalue weighted by Gasteiger charge is 2.06. The van der Waals surface area contributed by atoms with Crippen LogP contribution in [-0.4, -0.2) is 0 Å². The molecule has 1 rings (SSSR count). The fourth-order valence-corrected chi connectivity index (χ4v) is 1.05. The van der Waals surface area contributed by atoms with Gasteiger partial charge in [-0.05, 0) is 12.0 Å². The third-order valence-electron chi connectivity index (χ3n) is 1.70. The summed E-state index contributed by atoms with van der Waals surface area (Å²) in [7, 11) is 0. The molecule has 0 N–H and O–H groups in total. The molecule has 0 amide bonds. The number of nitrogens with zero attached hydrogens (tertiary/aromatic N) is 1. The Kier molecular flexibility index (Phi) is 2.78. The van der Waals surface area contributed by atoms with Gasteiger partial charge in [0.15, 0.2) is 0 Å². The van der Waals surface area contributed by atoms with Crippen LogP contribution in [0.1, 0.15) is 24.9 Å². The Morgan fingerprint density at radius 3 is 2.45 bits per heavy atom. The predicted molar refractivity (Wildman–Crippen MR) is 45.3 cm³/mol. The first-order valence-corrected chi connectivity index (χ1v) is 3.76. The minimum absolute atomic E-state index is 0.170.